The largest absolute Gasteiger partial charge is 0.484 e. The zero-order valence-electron chi connectivity index (χ0n) is 17.2. The molecule has 1 atom stereocenters. The Morgan fingerprint density at radius 1 is 1.29 bits per heavy atom. The molecule has 1 unspecified atom stereocenters. The van der Waals surface area contributed by atoms with Crippen LogP contribution in [0.3, 0.4) is 0 Å². The predicted molar refractivity (Wildman–Crippen MR) is 107 cm³/mol. The Balaban J connectivity index is 1.53. The van der Waals surface area contributed by atoms with Crippen molar-refractivity contribution in [2.24, 2.45) is 7.05 Å². The van der Waals surface area contributed by atoms with Crippen molar-refractivity contribution in [2.45, 2.75) is 45.6 Å². The zero-order valence-corrected chi connectivity index (χ0v) is 17.2. The molecule has 0 radical (unpaired) electrons. The lowest BCUT2D eigenvalue weighted by molar-refractivity contribution is -0.127. The molecule has 1 saturated heterocycles. The summed E-state index contributed by atoms with van der Waals surface area (Å²) in [6, 6.07) is 9.06. The van der Waals surface area contributed by atoms with Crippen LogP contribution in [-0.4, -0.2) is 40.8 Å². The Morgan fingerprint density at radius 3 is 2.54 bits per heavy atom. The molecule has 150 valence electrons. The van der Waals surface area contributed by atoms with Crippen molar-refractivity contribution in [1.82, 2.24) is 15.1 Å². The molecule has 2 heterocycles. The van der Waals surface area contributed by atoms with Crippen molar-refractivity contribution in [3.63, 3.8) is 0 Å². The molecule has 0 aliphatic carbocycles. The SMILES string of the molecule is Cc1cc(N2CCC(NC(=O)COc3ccc(C(C)(C)C)cc3)C2=O)n(C)n1. The highest BCUT2D eigenvalue weighted by molar-refractivity contribution is 6.00. The molecule has 7 heteroatoms. The van der Waals surface area contributed by atoms with Crippen LogP contribution in [0.25, 0.3) is 0 Å². The first-order chi connectivity index (χ1) is 13.1. The molecule has 1 aromatic carbocycles. The van der Waals surface area contributed by atoms with E-state index in [0.29, 0.717) is 18.7 Å². The Bertz CT molecular complexity index is 865. The van der Waals surface area contributed by atoms with Crippen LogP contribution in [0.2, 0.25) is 0 Å². The van der Waals surface area contributed by atoms with Gasteiger partial charge in [-0.3, -0.25) is 19.2 Å². The highest BCUT2D eigenvalue weighted by Crippen LogP contribution is 2.24. The van der Waals surface area contributed by atoms with Gasteiger partial charge >= 0.3 is 0 Å². The van der Waals surface area contributed by atoms with Crippen molar-refractivity contribution in [3.05, 3.63) is 41.6 Å². The third-order valence-corrected chi connectivity index (χ3v) is 4.88. The van der Waals surface area contributed by atoms with E-state index in [9.17, 15) is 9.59 Å². The highest BCUT2D eigenvalue weighted by Gasteiger charge is 2.35. The first-order valence-corrected chi connectivity index (χ1v) is 9.50. The van der Waals surface area contributed by atoms with Crippen molar-refractivity contribution in [1.29, 1.82) is 0 Å². The maximum absolute atomic E-state index is 12.6. The number of carbonyl (C=O) groups is 2. The fourth-order valence-electron chi connectivity index (χ4n) is 3.33. The molecule has 0 bridgehead atoms. The molecule has 1 aromatic heterocycles. The summed E-state index contributed by atoms with van der Waals surface area (Å²) in [4.78, 5) is 26.5. The van der Waals surface area contributed by atoms with Gasteiger partial charge in [-0.25, -0.2) is 0 Å². The quantitative estimate of drug-likeness (QED) is 0.858. The molecule has 1 fully saturated rings. The number of amides is 2. The van der Waals surface area contributed by atoms with Crippen molar-refractivity contribution in [3.8, 4) is 5.75 Å². The standard InChI is InChI=1S/C21H28N4O3/c1-14-12-19(24(5)23-14)25-11-10-17(20(25)27)22-18(26)13-28-16-8-6-15(7-9-16)21(2,3)4/h6-9,12,17H,10-11,13H2,1-5H3,(H,22,26). The second-order valence-corrected chi connectivity index (χ2v) is 8.23. The fourth-order valence-corrected chi connectivity index (χ4v) is 3.33. The lowest BCUT2D eigenvalue weighted by Gasteiger charge is -2.19. The molecule has 28 heavy (non-hydrogen) atoms. The van der Waals surface area contributed by atoms with E-state index in [0.717, 1.165) is 11.5 Å². The molecule has 1 N–H and O–H groups in total. The van der Waals surface area contributed by atoms with Crippen LogP contribution in [0, 0.1) is 6.92 Å². The summed E-state index contributed by atoms with van der Waals surface area (Å²) in [5, 5.41) is 7.05. The number of anilines is 1. The Hall–Kier alpha value is -2.83. The lowest BCUT2D eigenvalue weighted by Crippen LogP contribution is -2.43. The summed E-state index contributed by atoms with van der Waals surface area (Å²) in [5.74, 6) is 0.953. The van der Waals surface area contributed by atoms with Crippen LogP contribution in [0.1, 0.15) is 38.4 Å². The van der Waals surface area contributed by atoms with Gasteiger partial charge in [0, 0.05) is 19.7 Å². The number of hydrogen-bond acceptors (Lipinski definition) is 4. The summed E-state index contributed by atoms with van der Waals surface area (Å²) in [5.41, 5.74) is 2.12. The van der Waals surface area contributed by atoms with Crippen LogP contribution < -0.4 is 15.0 Å². The van der Waals surface area contributed by atoms with Gasteiger partial charge in [0.1, 0.15) is 17.6 Å². The Morgan fingerprint density at radius 2 is 1.96 bits per heavy atom. The van der Waals surface area contributed by atoms with Gasteiger partial charge in [0.25, 0.3) is 11.8 Å². The van der Waals surface area contributed by atoms with Gasteiger partial charge < -0.3 is 10.1 Å². The summed E-state index contributed by atoms with van der Waals surface area (Å²) < 4.78 is 7.25. The van der Waals surface area contributed by atoms with E-state index in [1.54, 1.807) is 16.6 Å². The lowest BCUT2D eigenvalue weighted by atomic mass is 9.87. The number of nitrogens with one attached hydrogen (secondary N) is 1. The minimum absolute atomic E-state index is 0.0665. The van der Waals surface area contributed by atoms with E-state index in [2.05, 4.69) is 31.2 Å². The van der Waals surface area contributed by atoms with Gasteiger partial charge in [0.15, 0.2) is 6.61 Å². The second kappa shape index (κ2) is 7.66. The minimum atomic E-state index is -0.533. The third-order valence-electron chi connectivity index (χ3n) is 4.88. The number of aryl methyl sites for hydroxylation is 2. The molecule has 3 rings (SSSR count). The monoisotopic (exact) mass is 384 g/mol. The molecule has 0 saturated carbocycles. The van der Waals surface area contributed by atoms with Gasteiger partial charge in [-0.05, 0) is 36.5 Å². The number of rotatable bonds is 5. The summed E-state index contributed by atoms with van der Waals surface area (Å²) in [7, 11) is 1.81. The molecular formula is C21H28N4O3. The van der Waals surface area contributed by atoms with Crippen molar-refractivity contribution in [2.75, 3.05) is 18.1 Å². The van der Waals surface area contributed by atoms with Gasteiger partial charge in [-0.2, -0.15) is 5.10 Å². The van der Waals surface area contributed by atoms with E-state index in [4.69, 9.17) is 4.74 Å². The normalized spacial score (nSPS) is 17.1. The average Bonchev–Trinajstić information content (AvgIpc) is 3.14. The zero-order chi connectivity index (χ0) is 20.5. The summed E-state index contributed by atoms with van der Waals surface area (Å²) >= 11 is 0. The van der Waals surface area contributed by atoms with Crippen LogP contribution in [0.5, 0.6) is 5.75 Å². The van der Waals surface area contributed by atoms with Gasteiger partial charge in [0.2, 0.25) is 0 Å². The van der Waals surface area contributed by atoms with Gasteiger partial charge in [-0.1, -0.05) is 32.9 Å². The average molecular weight is 384 g/mol. The van der Waals surface area contributed by atoms with E-state index >= 15 is 0 Å². The molecule has 1 aliphatic heterocycles. The molecule has 0 spiro atoms. The number of hydrogen-bond donors (Lipinski definition) is 1. The maximum atomic E-state index is 12.6. The van der Waals surface area contributed by atoms with Crippen LogP contribution >= 0.6 is 0 Å². The predicted octanol–water partition coefficient (Wildman–Crippen LogP) is 2.33. The summed E-state index contributed by atoms with van der Waals surface area (Å²) in [6.45, 7) is 8.75. The van der Waals surface area contributed by atoms with Gasteiger partial charge in [0.05, 0.1) is 5.69 Å². The molecule has 7 nitrogen and oxygen atoms in total. The van der Waals surface area contributed by atoms with E-state index in [-0.39, 0.29) is 23.8 Å². The van der Waals surface area contributed by atoms with Crippen molar-refractivity contribution < 1.29 is 14.3 Å². The van der Waals surface area contributed by atoms with E-state index in [1.807, 2.05) is 37.3 Å². The first-order valence-electron chi connectivity index (χ1n) is 9.50. The minimum Gasteiger partial charge on any atom is -0.484 e. The summed E-state index contributed by atoms with van der Waals surface area (Å²) in [6.07, 6.45) is 0.565. The number of benzene rings is 1. The number of nitrogens with zero attached hydrogens (tertiary/aromatic N) is 3. The Kier molecular flexibility index (Phi) is 5.45. The maximum Gasteiger partial charge on any atom is 0.258 e. The van der Waals surface area contributed by atoms with Crippen molar-refractivity contribution >= 4 is 17.6 Å². The smallest absolute Gasteiger partial charge is 0.258 e. The number of aromatic nitrogens is 2. The van der Waals surface area contributed by atoms with Gasteiger partial charge in [-0.15, -0.1) is 0 Å². The molecule has 1 aliphatic rings. The second-order valence-electron chi connectivity index (χ2n) is 8.23. The Labute approximate surface area is 165 Å². The van der Waals surface area contributed by atoms with E-state index < -0.39 is 6.04 Å². The molecule has 2 amide bonds. The van der Waals surface area contributed by atoms with Crippen LogP contribution in [-0.2, 0) is 22.1 Å². The van der Waals surface area contributed by atoms with E-state index in [1.165, 1.54) is 5.56 Å². The number of ether oxygens (including phenoxy) is 1. The fraction of sp³-hybridized carbons (Fsp3) is 0.476. The number of carbonyl (C=O) groups excluding carboxylic acids is 2. The third kappa shape index (κ3) is 4.35. The topological polar surface area (TPSA) is 76.5 Å². The molecular weight excluding hydrogens is 356 g/mol. The van der Waals surface area contributed by atoms with Crippen LogP contribution in [0.4, 0.5) is 5.82 Å². The first kappa shape index (κ1) is 19.9. The molecule has 2 aromatic rings. The van der Waals surface area contributed by atoms with Crippen LogP contribution in [0.15, 0.2) is 30.3 Å². The highest BCUT2D eigenvalue weighted by atomic mass is 16.5.